The number of hydrogen-bond donors (Lipinski definition) is 2. The van der Waals surface area contributed by atoms with Crippen LogP contribution < -0.4 is 10.6 Å². The van der Waals surface area contributed by atoms with Gasteiger partial charge in [-0.05, 0) is 52.1 Å². The molecule has 0 radical (unpaired) electrons. The summed E-state index contributed by atoms with van der Waals surface area (Å²) in [6, 6.07) is 28.3. The first-order valence-electron chi connectivity index (χ1n) is 12.3. The third-order valence-corrected chi connectivity index (χ3v) is 6.22. The highest BCUT2D eigenvalue weighted by atomic mass is 19.4. The number of benzene rings is 4. The number of alkyl halides is 3. The van der Waals surface area contributed by atoms with E-state index in [4.69, 9.17) is 4.74 Å². The second kappa shape index (κ2) is 12.4. The van der Waals surface area contributed by atoms with E-state index >= 15 is 0 Å². The molecule has 39 heavy (non-hydrogen) atoms. The fourth-order valence-corrected chi connectivity index (χ4v) is 4.05. The van der Waals surface area contributed by atoms with E-state index in [1.807, 2.05) is 54.6 Å². The van der Waals surface area contributed by atoms with Crippen molar-refractivity contribution in [1.82, 2.24) is 10.6 Å². The van der Waals surface area contributed by atoms with Crippen molar-refractivity contribution in [3.05, 3.63) is 120 Å². The van der Waals surface area contributed by atoms with Gasteiger partial charge in [-0.1, -0.05) is 78.9 Å². The summed E-state index contributed by atoms with van der Waals surface area (Å²) in [4.78, 5) is 25.1. The molecule has 0 spiro atoms. The lowest BCUT2D eigenvalue weighted by molar-refractivity contribution is -0.142. The van der Waals surface area contributed by atoms with Crippen molar-refractivity contribution in [3.8, 4) is 22.3 Å². The first-order valence-corrected chi connectivity index (χ1v) is 12.3. The minimum absolute atomic E-state index is 0.155. The van der Waals surface area contributed by atoms with Crippen LogP contribution in [0, 0.1) is 0 Å². The Hall–Kier alpha value is -4.43. The Morgan fingerprint density at radius 1 is 0.744 bits per heavy atom. The van der Waals surface area contributed by atoms with Crippen LogP contribution >= 0.6 is 0 Å². The zero-order valence-corrected chi connectivity index (χ0v) is 21.2. The van der Waals surface area contributed by atoms with E-state index in [2.05, 4.69) is 10.6 Å². The maximum atomic E-state index is 12.8. The van der Waals surface area contributed by atoms with Gasteiger partial charge >= 0.3 is 12.1 Å². The highest BCUT2D eigenvalue weighted by Gasteiger charge is 2.30. The van der Waals surface area contributed by atoms with Crippen molar-refractivity contribution >= 4 is 11.9 Å². The quantitative estimate of drug-likeness (QED) is 0.256. The van der Waals surface area contributed by atoms with Crippen LogP contribution in [0.4, 0.5) is 13.2 Å². The van der Waals surface area contributed by atoms with E-state index in [0.717, 1.165) is 28.8 Å². The molecule has 0 bridgehead atoms. The van der Waals surface area contributed by atoms with Crippen LogP contribution in [0.2, 0.25) is 0 Å². The van der Waals surface area contributed by atoms with E-state index in [-0.39, 0.29) is 6.54 Å². The Labute approximate surface area is 224 Å². The van der Waals surface area contributed by atoms with Gasteiger partial charge in [0.15, 0.2) is 0 Å². The summed E-state index contributed by atoms with van der Waals surface area (Å²) in [7, 11) is 1.25. The van der Waals surface area contributed by atoms with E-state index < -0.39 is 29.7 Å². The Morgan fingerprint density at radius 3 is 1.79 bits per heavy atom. The molecule has 8 heteroatoms. The van der Waals surface area contributed by atoms with Crippen molar-refractivity contribution < 1.29 is 27.5 Å². The van der Waals surface area contributed by atoms with E-state index in [9.17, 15) is 22.8 Å². The molecule has 2 N–H and O–H groups in total. The van der Waals surface area contributed by atoms with Gasteiger partial charge in [0.2, 0.25) is 0 Å². The van der Waals surface area contributed by atoms with Crippen LogP contribution in [0.15, 0.2) is 103 Å². The van der Waals surface area contributed by atoms with Crippen molar-refractivity contribution in [1.29, 1.82) is 0 Å². The minimum atomic E-state index is -4.40. The lowest BCUT2D eigenvalue weighted by atomic mass is 10.0. The summed E-state index contributed by atoms with van der Waals surface area (Å²) < 4.78 is 43.3. The molecule has 0 saturated carbocycles. The monoisotopic (exact) mass is 532 g/mol. The molecule has 0 unspecified atom stereocenters. The van der Waals surface area contributed by atoms with Gasteiger partial charge in [0.25, 0.3) is 5.91 Å². The van der Waals surface area contributed by atoms with E-state index in [0.29, 0.717) is 23.2 Å². The average molecular weight is 533 g/mol. The number of esters is 1. The molecule has 0 aromatic heterocycles. The lowest BCUT2D eigenvalue weighted by Gasteiger charge is -2.17. The second-order valence-electron chi connectivity index (χ2n) is 8.90. The zero-order chi connectivity index (χ0) is 27.8. The predicted octanol–water partition coefficient (Wildman–Crippen LogP) is 6.10. The average Bonchev–Trinajstić information content (AvgIpc) is 2.96. The molecular formula is C31H27F3N2O3. The Kier molecular flexibility index (Phi) is 8.78. The number of nitrogens with one attached hydrogen (secondary N) is 2. The van der Waals surface area contributed by atoms with Gasteiger partial charge in [-0.15, -0.1) is 0 Å². The van der Waals surface area contributed by atoms with Gasteiger partial charge < -0.3 is 15.4 Å². The normalized spacial score (nSPS) is 12.0. The molecule has 200 valence electrons. The summed E-state index contributed by atoms with van der Waals surface area (Å²) in [6.07, 6.45) is -4.40. The van der Waals surface area contributed by atoms with Crippen LogP contribution in [-0.4, -0.2) is 31.6 Å². The highest BCUT2D eigenvalue weighted by Crippen LogP contribution is 2.31. The van der Waals surface area contributed by atoms with Gasteiger partial charge in [0.05, 0.1) is 12.7 Å². The molecular weight excluding hydrogens is 505 g/mol. The number of hydrogen-bond acceptors (Lipinski definition) is 4. The van der Waals surface area contributed by atoms with Gasteiger partial charge in [-0.2, -0.15) is 13.2 Å². The molecule has 4 rings (SSSR count). The number of rotatable bonds is 9. The summed E-state index contributed by atoms with van der Waals surface area (Å²) in [5.74, 6) is -1.06. The number of carbonyl (C=O) groups is 2. The molecule has 0 saturated heterocycles. The van der Waals surface area contributed by atoms with E-state index in [1.54, 1.807) is 24.3 Å². The Bertz CT molecular complexity index is 1390. The van der Waals surface area contributed by atoms with Crippen molar-refractivity contribution in [3.63, 3.8) is 0 Å². The largest absolute Gasteiger partial charge is 0.467 e. The fraction of sp³-hybridized carbons (Fsp3) is 0.161. The third-order valence-electron chi connectivity index (χ3n) is 6.22. The standard InChI is InChI=1S/C31H27F3N2O3/c1-39-30(38)28(20-35-19-21-7-9-23(10-8-21)22-5-3-2-4-6-22)36-29(37)26-13-11-24(12-14-26)25-15-17-27(18-16-25)31(32,33)34/h2-18,28,35H,19-20H2,1H3,(H,36,37)/t28-/m0/s1. The number of halogens is 3. The first kappa shape index (κ1) is 27.6. The van der Waals surface area contributed by atoms with Crippen molar-refractivity contribution in [2.75, 3.05) is 13.7 Å². The Morgan fingerprint density at radius 2 is 1.26 bits per heavy atom. The molecule has 1 amide bonds. The molecule has 0 aliphatic carbocycles. The molecule has 0 fully saturated rings. The summed E-state index contributed by atoms with van der Waals surface area (Å²) in [5, 5.41) is 5.87. The van der Waals surface area contributed by atoms with Crippen LogP contribution in [0.5, 0.6) is 0 Å². The summed E-state index contributed by atoms with van der Waals surface area (Å²) in [5.41, 5.74) is 4.06. The maximum absolute atomic E-state index is 12.8. The minimum Gasteiger partial charge on any atom is -0.467 e. The zero-order valence-electron chi connectivity index (χ0n) is 21.2. The first-order chi connectivity index (χ1) is 18.7. The number of amides is 1. The molecule has 4 aromatic rings. The third kappa shape index (κ3) is 7.33. The lowest BCUT2D eigenvalue weighted by Crippen LogP contribution is -2.47. The summed E-state index contributed by atoms with van der Waals surface area (Å²) in [6.45, 7) is 0.642. The van der Waals surface area contributed by atoms with Gasteiger partial charge in [-0.25, -0.2) is 4.79 Å². The van der Waals surface area contributed by atoms with E-state index in [1.165, 1.54) is 19.2 Å². The van der Waals surface area contributed by atoms with Crippen LogP contribution in [-0.2, 0) is 22.3 Å². The molecule has 5 nitrogen and oxygen atoms in total. The maximum Gasteiger partial charge on any atom is 0.416 e. The van der Waals surface area contributed by atoms with Crippen LogP contribution in [0.1, 0.15) is 21.5 Å². The van der Waals surface area contributed by atoms with Crippen LogP contribution in [0.3, 0.4) is 0 Å². The molecule has 0 aliphatic rings. The number of ether oxygens (including phenoxy) is 1. The number of carbonyl (C=O) groups excluding carboxylic acids is 2. The van der Waals surface area contributed by atoms with Gasteiger partial charge in [0.1, 0.15) is 6.04 Å². The molecule has 1 atom stereocenters. The topological polar surface area (TPSA) is 67.4 Å². The Balaban J connectivity index is 1.34. The summed E-state index contributed by atoms with van der Waals surface area (Å²) >= 11 is 0. The van der Waals surface area contributed by atoms with Crippen molar-refractivity contribution in [2.45, 2.75) is 18.8 Å². The smallest absolute Gasteiger partial charge is 0.416 e. The molecule has 4 aromatic carbocycles. The fourth-order valence-electron chi connectivity index (χ4n) is 4.05. The van der Waals surface area contributed by atoms with Gasteiger partial charge in [-0.3, -0.25) is 4.79 Å². The van der Waals surface area contributed by atoms with Crippen molar-refractivity contribution in [2.24, 2.45) is 0 Å². The van der Waals surface area contributed by atoms with Gasteiger partial charge in [0, 0.05) is 18.7 Å². The molecule has 0 aliphatic heterocycles. The SMILES string of the molecule is COC(=O)[C@H](CNCc1ccc(-c2ccccc2)cc1)NC(=O)c1ccc(-c2ccc(C(F)(F)F)cc2)cc1. The number of methoxy groups -OCH3 is 1. The highest BCUT2D eigenvalue weighted by molar-refractivity contribution is 5.97. The predicted molar refractivity (Wildman–Crippen MR) is 144 cm³/mol. The second-order valence-corrected chi connectivity index (χ2v) is 8.90. The van der Waals surface area contributed by atoms with Crippen LogP contribution in [0.25, 0.3) is 22.3 Å². The molecule has 0 heterocycles.